The normalized spacial score (nSPS) is 3.82. The van der Waals surface area contributed by atoms with Crippen molar-refractivity contribution in [2.24, 2.45) is 0 Å². The zero-order valence-electron chi connectivity index (χ0n) is 8.56. The molecule has 0 aliphatic rings. The molecule has 0 aromatic heterocycles. The standard InChI is InChI=1S/C5H11.3CH3.3Y/c1-3-5-4-2;;;;;;/h1,3-5H2,2H3;3*1H3;;;/q4*-1;;;+3. The molecule has 0 rings (SSSR count). The molecule has 0 aromatic rings. The Bertz CT molecular complexity index is 16.8. The molecule has 0 aliphatic heterocycles. The van der Waals surface area contributed by atoms with Gasteiger partial charge in [-0.15, -0.1) is 0 Å². The van der Waals surface area contributed by atoms with E-state index >= 15 is 0 Å². The van der Waals surface area contributed by atoms with Crippen LogP contribution in [0.1, 0.15) is 26.2 Å². The van der Waals surface area contributed by atoms with E-state index in [4.69, 9.17) is 0 Å². The fourth-order valence-electron chi connectivity index (χ4n) is 0.250. The fraction of sp³-hybridized carbons (Fsp3) is 0.500. The van der Waals surface area contributed by atoms with Crippen molar-refractivity contribution in [1.29, 1.82) is 0 Å². The Labute approximate surface area is 150 Å². The zero-order chi connectivity index (χ0) is 4.12. The SMILES string of the molecule is [CH2-]CCCC.[CH3-].[CH3-].[CH3-].[Y+3].[Y].[Y]. The number of unbranched alkanes of at least 4 members (excludes halogenated alkanes) is 2. The van der Waals surface area contributed by atoms with Gasteiger partial charge in [0.1, 0.15) is 0 Å². The molecule has 0 bridgehead atoms. The minimum atomic E-state index is 0. The van der Waals surface area contributed by atoms with Crippen molar-refractivity contribution in [2.45, 2.75) is 26.2 Å². The third kappa shape index (κ3) is 60.4. The molecule has 0 nitrogen and oxygen atoms in total. The molecule has 0 aromatic carbocycles. The van der Waals surface area contributed by atoms with E-state index in [1.165, 1.54) is 12.8 Å². The Hall–Kier alpha value is 3.31. The molecule has 11 heavy (non-hydrogen) atoms. The van der Waals surface area contributed by atoms with Crippen LogP contribution in [0, 0.1) is 29.2 Å². The predicted octanol–water partition coefficient (Wildman–Crippen LogP) is 3.35. The number of hydrogen-bond donors (Lipinski definition) is 0. The van der Waals surface area contributed by atoms with Crippen LogP contribution < -0.4 is 0 Å². The second-order valence-corrected chi connectivity index (χ2v) is 1.21. The first kappa shape index (κ1) is 47.4. The predicted molar refractivity (Wildman–Crippen MR) is 44.1 cm³/mol. The van der Waals surface area contributed by atoms with Crippen LogP contribution in [0.4, 0.5) is 0 Å². The average Bonchev–Trinajstić information content (AvgIpc) is 1.41. The van der Waals surface area contributed by atoms with Gasteiger partial charge in [0.2, 0.25) is 0 Å². The van der Waals surface area contributed by atoms with Crippen LogP contribution in [0.2, 0.25) is 0 Å². The third-order valence-corrected chi connectivity index (χ3v) is 0.604. The Morgan fingerprint density at radius 3 is 1.27 bits per heavy atom. The van der Waals surface area contributed by atoms with Crippen molar-refractivity contribution in [3.63, 3.8) is 0 Å². The first-order chi connectivity index (χ1) is 2.41. The van der Waals surface area contributed by atoms with E-state index in [0.29, 0.717) is 0 Å². The summed E-state index contributed by atoms with van der Waals surface area (Å²) < 4.78 is 0. The summed E-state index contributed by atoms with van der Waals surface area (Å²) in [6, 6.07) is 0. The summed E-state index contributed by atoms with van der Waals surface area (Å²) in [6.07, 6.45) is 3.65. The van der Waals surface area contributed by atoms with Gasteiger partial charge in [-0.2, -0.15) is 6.42 Å². The molecule has 0 fully saturated rings. The molecule has 0 saturated carbocycles. The fourth-order valence-corrected chi connectivity index (χ4v) is 0.250. The average molecular weight is 383 g/mol. The van der Waals surface area contributed by atoms with Gasteiger partial charge in [0.25, 0.3) is 0 Å². The van der Waals surface area contributed by atoms with E-state index in [-0.39, 0.29) is 120 Å². The van der Waals surface area contributed by atoms with Gasteiger partial charge in [-0.3, -0.25) is 0 Å². The number of hydrogen-bond acceptors (Lipinski definition) is 0. The van der Waals surface area contributed by atoms with Gasteiger partial charge >= 0.3 is 32.7 Å². The molecule has 0 aliphatic carbocycles. The van der Waals surface area contributed by atoms with Crippen molar-refractivity contribution in [1.82, 2.24) is 0 Å². The van der Waals surface area contributed by atoms with E-state index in [1.807, 2.05) is 0 Å². The number of rotatable bonds is 2. The molecule has 0 atom stereocenters. The summed E-state index contributed by atoms with van der Waals surface area (Å²) in [5.74, 6) is 0. The molecule has 0 N–H and O–H groups in total. The summed E-state index contributed by atoms with van der Waals surface area (Å²) in [4.78, 5) is 0. The van der Waals surface area contributed by atoms with Crippen LogP contribution in [0.25, 0.3) is 0 Å². The van der Waals surface area contributed by atoms with Crippen LogP contribution in [0.3, 0.4) is 0 Å². The Morgan fingerprint density at radius 2 is 1.27 bits per heavy atom. The van der Waals surface area contributed by atoms with Gasteiger partial charge < -0.3 is 29.2 Å². The monoisotopic (exact) mass is 383 g/mol. The van der Waals surface area contributed by atoms with Crippen molar-refractivity contribution in [3.8, 4) is 0 Å². The minimum Gasteiger partial charge on any atom is -0.358 e. The zero-order valence-corrected chi connectivity index (χ0v) is 17.1. The van der Waals surface area contributed by atoms with Crippen molar-refractivity contribution in [2.75, 3.05) is 0 Å². The van der Waals surface area contributed by atoms with Gasteiger partial charge in [0.15, 0.2) is 0 Å². The van der Waals surface area contributed by atoms with Crippen LogP contribution in [-0.2, 0) is 98.1 Å². The first-order valence-corrected chi connectivity index (χ1v) is 2.21. The van der Waals surface area contributed by atoms with Crippen LogP contribution in [0.15, 0.2) is 0 Å². The van der Waals surface area contributed by atoms with E-state index in [2.05, 4.69) is 13.8 Å². The molecule has 62 valence electrons. The maximum absolute atomic E-state index is 3.68. The van der Waals surface area contributed by atoms with Gasteiger partial charge in [-0.1, -0.05) is 19.8 Å². The third-order valence-electron chi connectivity index (χ3n) is 0.604. The topological polar surface area (TPSA) is 0 Å². The maximum Gasteiger partial charge on any atom is 3.00 e. The van der Waals surface area contributed by atoms with Crippen LogP contribution in [-0.4, -0.2) is 0 Å². The molecule has 3 heteroatoms. The van der Waals surface area contributed by atoms with Crippen molar-refractivity contribution in [3.05, 3.63) is 29.2 Å². The van der Waals surface area contributed by atoms with E-state index in [1.54, 1.807) is 0 Å². The van der Waals surface area contributed by atoms with Crippen molar-refractivity contribution < 1.29 is 98.1 Å². The summed E-state index contributed by atoms with van der Waals surface area (Å²) >= 11 is 0. The van der Waals surface area contributed by atoms with E-state index < -0.39 is 0 Å². The van der Waals surface area contributed by atoms with E-state index in [9.17, 15) is 0 Å². The largest absolute Gasteiger partial charge is 3.00 e. The van der Waals surface area contributed by atoms with Gasteiger partial charge in [-0.25, -0.2) is 0 Å². The quantitative estimate of drug-likeness (QED) is 0.642. The van der Waals surface area contributed by atoms with Gasteiger partial charge in [0.05, 0.1) is 0 Å². The molecule has 0 saturated heterocycles. The van der Waals surface area contributed by atoms with Crippen LogP contribution in [0.5, 0.6) is 0 Å². The minimum absolute atomic E-state index is 0. The summed E-state index contributed by atoms with van der Waals surface area (Å²) in [5.41, 5.74) is 0. The molecule has 0 unspecified atom stereocenters. The Kier molecular flexibility index (Phi) is 218. The summed E-state index contributed by atoms with van der Waals surface area (Å²) in [6.45, 7) is 5.85. The van der Waals surface area contributed by atoms with Crippen LogP contribution >= 0.6 is 0 Å². The Morgan fingerprint density at radius 1 is 1.00 bits per heavy atom. The Balaban J connectivity index is -0.00000000533. The van der Waals surface area contributed by atoms with E-state index in [0.717, 1.165) is 6.42 Å². The van der Waals surface area contributed by atoms with Gasteiger partial charge in [0, 0.05) is 65.4 Å². The first-order valence-electron chi connectivity index (χ1n) is 2.21. The molecule has 0 heterocycles. The van der Waals surface area contributed by atoms with Crippen molar-refractivity contribution >= 4 is 0 Å². The van der Waals surface area contributed by atoms with Gasteiger partial charge in [-0.05, 0) is 0 Å². The summed E-state index contributed by atoms with van der Waals surface area (Å²) in [5, 5.41) is 0. The second kappa shape index (κ2) is 50.6. The smallest absolute Gasteiger partial charge is 0.358 e. The molecule has 0 spiro atoms. The maximum atomic E-state index is 3.68. The molecular weight excluding hydrogens is 363 g/mol. The molecule has 2 radical (unpaired) electrons. The molecular formula is C8H20Y3-. The summed E-state index contributed by atoms with van der Waals surface area (Å²) in [7, 11) is 0. The molecule has 0 amide bonds. The second-order valence-electron chi connectivity index (χ2n) is 1.21.